The highest BCUT2D eigenvalue weighted by molar-refractivity contribution is 6.32. The van der Waals surface area contributed by atoms with Crippen molar-refractivity contribution in [3.05, 3.63) is 68.8 Å². The molecule has 12 nitrogen and oxygen atoms in total. The van der Waals surface area contributed by atoms with Crippen molar-refractivity contribution < 1.29 is 39.1 Å². The summed E-state index contributed by atoms with van der Waals surface area (Å²) in [4.78, 5) is 77.9. The Morgan fingerprint density at radius 2 is 1.73 bits per heavy atom. The van der Waals surface area contributed by atoms with E-state index in [0.29, 0.717) is 16.7 Å². The van der Waals surface area contributed by atoms with Crippen LogP contribution in [0, 0.1) is 45.6 Å². The smallest absolute Gasteiger partial charge is 0.269 e. The average Bonchev–Trinajstić information content (AvgIpc) is 2.90. The number of Topliss-reactive ketones (excluding diaryl/α,β-unsaturated/α-hetero) is 4. The predicted octanol–water partition coefficient (Wildman–Crippen LogP) is 0.175. The van der Waals surface area contributed by atoms with E-state index in [1.54, 1.807) is 0 Å². The summed E-state index contributed by atoms with van der Waals surface area (Å²) in [5, 5.41) is 33.1. The van der Waals surface area contributed by atoms with Gasteiger partial charge in [-0.3, -0.25) is 39.0 Å². The molecule has 4 N–H and O–H groups in total. The summed E-state index contributed by atoms with van der Waals surface area (Å²) < 4.78 is 0. The van der Waals surface area contributed by atoms with Gasteiger partial charge in [0.05, 0.1) is 22.4 Å². The highest BCUT2D eigenvalue weighted by Gasteiger charge is 2.69. The lowest BCUT2D eigenvalue weighted by molar-refractivity contribution is -0.384. The van der Waals surface area contributed by atoms with Gasteiger partial charge in [-0.15, -0.1) is 0 Å². The average molecular weight is 560 g/mol. The molecule has 0 heterocycles. The first kappa shape index (κ1) is 27.8. The third-order valence-corrected chi connectivity index (χ3v) is 8.36. The number of nitrogens with zero attached hydrogens (tertiary/aromatic N) is 2. The molecule has 210 valence electrons. The van der Waals surface area contributed by atoms with E-state index in [1.807, 2.05) is 0 Å². The molecule has 2 aromatic carbocycles. The van der Waals surface area contributed by atoms with E-state index in [1.165, 1.54) is 55.4 Å². The summed E-state index contributed by atoms with van der Waals surface area (Å²) >= 11 is 0. The van der Waals surface area contributed by atoms with Crippen molar-refractivity contribution in [2.75, 3.05) is 14.1 Å². The van der Waals surface area contributed by atoms with Crippen LogP contribution >= 0.6 is 0 Å². The Hall–Kier alpha value is -4.73. The van der Waals surface area contributed by atoms with E-state index in [2.05, 4.69) is 11.8 Å². The van der Waals surface area contributed by atoms with Gasteiger partial charge in [0.15, 0.2) is 34.7 Å². The number of aromatic hydroxyl groups is 1. The fourth-order valence-electron chi connectivity index (χ4n) is 6.53. The van der Waals surface area contributed by atoms with Crippen molar-refractivity contribution in [2.24, 2.45) is 29.4 Å². The first-order valence-electron chi connectivity index (χ1n) is 12.7. The zero-order valence-corrected chi connectivity index (χ0v) is 22.0. The van der Waals surface area contributed by atoms with Crippen LogP contribution in [0.15, 0.2) is 36.4 Å². The monoisotopic (exact) mass is 559 g/mol. The Bertz CT molecular complexity index is 1620. The van der Waals surface area contributed by atoms with E-state index in [-0.39, 0.29) is 24.1 Å². The second-order valence-electron chi connectivity index (χ2n) is 10.8. The quantitative estimate of drug-likeness (QED) is 0.202. The fourth-order valence-corrected chi connectivity index (χ4v) is 6.53. The number of hydrogen-bond acceptors (Lipinski definition) is 10. The van der Waals surface area contributed by atoms with E-state index in [0.717, 1.165) is 0 Å². The Morgan fingerprint density at radius 3 is 2.32 bits per heavy atom. The van der Waals surface area contributed by atoms with Crippen LogP contribution < -0.4 is 5.73 Å². The number of amides is 1. The number of primary amides is 1. The number of nitrogens with two attached hydrogens (primary N) is 1. The standard InChI is InChI=1S/C29H25N3O9/c1-31(2)23-18-12-15-11-17-14(6-3-13-4-8-16(9-5-13)32(40)41)7-10-19(33)21(17)24(34)20(15)26(36)29(18,39)27(37)22(25(23)35)28(30)38/h4-5,7-10,15,18,20,22-23,33,39H,11-12H2,1-2H3,(H2,30,38)/t15-,18-,20?,22?,23-,29-/m1/s1. The highest BCUT2D eigenvalue weighted by atomic mass is 16.6. The number of fused-ring (bicyclic) bond motifs is 3. The first-order chi connectivity index (χ1) is 19.3. The van der Waals surface area contributed by atoms with E-state index < -0.39 is 75.0 Å². The molecule has 2 unspecified atom stereocenters. The number of nitro groups is 1. The molecule has 3 aliphatic rings. The molecule has 0 bridgehead atoms. The Labute approximate surface area is 233 Å². The maximum absolute atomic E-state index is 13.8. The van der Waals surface area contributed by atoms with Gasteiger partial charge in [-0.2, -0.15) is 0 Å². The van der Waals surface area contributed by atoms with Crippen molar-refractivity contribution in [2.45, 2.75) is 24.5 Å². The van der Waals surface area contributed by atoms with Gasteiger partial charge in [-0.25, -0.2) is 0 Å². The number of ketones is 4. The lowest BCUT2D eigenvalue weighted by Crippen LogP contribution is -2.74. The molecular formula is C29H25N3O9. The summed E-state index contributed by atoms with van der Waals surface area (Å²) in [6.45, 7) is 0. The van der Waals surface area contributed by atoms with Crippen molar-refractivity contribution in [3.63, 3.8) is 0 Å². The Balaban J connectivity index is 1.58. The third kappa shape index (κ3) is 4.13. The largest absolute Gasteiger partial charge is 0.507 e. The van der Waals surface area contributed by atoms with Crippen LogP contribution in [0.5, 0.6) is 5.75 Å². The Kier molecular flexibility index (Phi) is 6.60. The number of likely N-dealkylation sites (N-methyl/N-ethyl adjacent to an activating group) is 1. The van der Waals surface area contributed by atoms with Gasteiger partial charge >= 0.3 is 0 Å². The maximum atomic E-state index is 13.8. The number of hydrogen-bond donors (Lipinski definition) is 3. The van der Waals surface area contributed by atoms with Crippen molar-refractivity contribution in [1.82, 2.24) is 4.90 Å². The summed E-state index contributed by atoms with van der Waals surface area (Å²) in [6.07, 6.45) is -0.000709. The van der Waals surface area contributed by atoms with Crippen LogP contribution in [-0.4, -0.2) is 74.8 Å². The molecule has 2 fully saturated rings. The van der Waals surface area contributed by atoms with Gasteiger partial charge in [0.1, 0.15) is 5.75 Å². The van der Waals surface area contributed by atoms with Crippen LogP contribution in [0.1, 0.15) is 33.5 Å². The predicted molar refractivity (Wildman–Crippen MR) is 140 cm³/mol. The molecule has 0 aromatic heterocycles. The van der Waals surface area contributed by atoms with Crippen LogP contribution in [0.2, 0.25) is 0 Å². The summed E-state index contributed by atoms with van der Waals surface area (Å²) in [6, 6.07) is 7.11. The molecule has 2 aromatic rings. The molecule has 2 saturated carbocycles. The van der Waals surface area contributed by atoms with Gasteiger partial charge in [0.25, 0.3) is 5.69 Å². The van der Waals surface area contributed by atoms with Gasteiger partial charge in [-0.05, 0) is 62.7 Å². The van der Waals surface area contributed by atoms with Gasteiger partial charge in [0, 0.05) is 29.2 Å². The number of carbonyl (C=O) groups excluding carboxylic acids is 5. The minimum atomic E-state index is -2.79. The van der Waals surface area contributed by atoms with Crippen molar-refractivity contribution >= 4 is 34.7 Å². The second kappa shape index (κ2) is 9.72. The third-order valence-electron chi connectivity index (χ3n) is 8.36. The molecule has 0 saturated heterocycles. The number of benzene rings is 2. The molecule has 0 radical (unpaired) electrons. The molecule has 0 aliphatic heterocycles. The SMILES string of the molecule is CN(C)[C@H]1C(=O)C(C(N)=O)C(=O)[C@]2(O)C(=O)C3C(=O)c4c(O)ccc(C#Cc5ccc([N+](=O)[O-])cc5)c4C[C@@H]3C[C@H]12. The van der Waals surface area contributed by atoms with E-state index in [9.17, 15) is 44.3 Å². The van der Waals surface area contributed by atoms with Gasteiger partial charge in [-0.1, -0.05) is 11.8 Å². The van der Waals surface area contributed by atoms with E-state index >= 15 is 0 Å². The van der Waals surface area contributed by atoms with Gasteiger partial charge in [0.2, 0.25) is 5.91 Å². The molecule has 0 spiro atoms. The van der Waals surface area contributed by atoms with Crippen LogP contribution in [0.25, 0.3) is 0 Å². The molecule has 12 heteroatoms. The minimum Gasteiger partial charge on any atom is -0.507 e. The zero-order valence-electron chi connectivity index (χ0n) is 22.0. The van der Waals surface area contributed by atoms with Gasteiger partial charge < -0.3 is 15.9 Å². The topological polar surface area (TPSA) is 198 Å². The highest BCUT2D eigenvalue weighted by Crippen LogP contribution is 2.50. The first-order valence-corrected chi connectivity index (χ1v) is 12.7. The molecule has 5 rings (SSSR count). The molecule has 3 aliphatic carbocycles. The van der Waals surface area contributed by atoms with Crippen LogP contribution in [0.4, 0.5) is 5.69 Å². The molecule has 1 amide bonds. The number of non-ortho nitro benzene ring substituents is 1. The van der Waals surface area contributed by atoms with Crippen LogP contribution in [0.3, 0.4) is 0 Å². The lowest BCUT2D eigenvalue weighted by atomic mass is 9.52. The second-order valence-corrected chi connectivity index (χ2v) is 10.8. The number of rotatable bonds is 3. The minimum absolute atomic E-state index is 0.0739. The maximum Gasteiger partial charge on any atom is 0.269 e. The van der Waals surface area contributed by atoms with Crippen LogP contribution in [-0.2, 0) is 25.6 Å². The number of aliphatic hydroxyl groups is 1. The number of phenolic OH excluding ortho intramolecular Hbond substituents is 1. The number of nitro benzene ring substituents is 1. The summed E-state index contributed by atoms with van der Waals surface area (Å²) in [5.41, 5.74) is 3.48. The van der Waals surface area contributed by atoms with Crippen molar-refractivity contribution in [3.8, 4) is 17.6 Å². The fraction of sp³-hybridized carbons (Fsp3) is 0.345. The van der Waals surface area contributed by atoms with Crippen molar-refractivity contribution in [1.29, 1.82) is 0 Å². The van der Waals surface area contributed by atoms with E-state index in [4.69, 9.17) is 5.73 Å². The summed E-state index contributed by atoms with van der Waals surface area (Å²) in [5.74, 6) is -5.45. The number of carbonyl (C=O) groups is 5. The Morgan fingerprint density at radius 1 is 1.07 bits per heavy atom. The number of phenols is 1. The normalized spacial score (nSPS) is 28.7. The zero-order chi connectivity index (χ0) is 30.0. The lowest BCUT2D eigenvalue weighted by Gasteiger charge is -2.52. The molecule has 6 atom stereocenters. The molecule has 41 heavy (non-hydrogen) atoms. The summed E-state index contributed by atoms with van der Waals surface area (Å²) in [7, 11) is 3.03. The molecular weight excluding hydrogens is 534 g/mol.